The highest BCUT2D eigenvalue weighted by atomic mass is 32.2. The molecule has 1 aliphatic heterocycles. The number of ether oxygens (including phenoxy) is 3. The Morgan fingerprint density at radius 1 is 1.10 bits per heavy atom. The van der Waals surface area contributed by atoms with Crippen LogP contribution in [0.25, 0.3) is 5.69 Å². The summed E-state index contributed by atoms with van der Waals surface area (Å²) in [6, 6.07) is 13.5. The van der Waals surface area contributed by atoms with Crippen LogP contribution in [0, 0.1) is 0 Å². The Balaban J connectivity index is 1.30. The van der Waals surface area contributed by atoms with Crippen LogP contribution in [0.1, 0.15) is 12.0 Å². The minimum Gasteiger partial charge on any atom is -0.490 e. The minimum atomic E-state index is -3.91. The normalized spacial score (nSPS) is 13.4. The number of carbonyl (C=O) groups excluding carboxylic acids is 1. The summed E-state index contributed by atoms with van der Waals surface area (Å²) in [7, 11) is -3.91. The van der Waals surface area contributed by atoms with E-state index in [4.69, 9.17) is 14.2 Å². The fourth-order valence-corrected chi connectivity index (χ4v) is 3.91. The molecule has 0 atom stereocenters. The van der Waals surface area contributed by atoms with Crippen molar-refractivity contribution < 1.29 is 27.4 Å². The van der Waals surface area contributed by atoms with Crippen LogP contribution in [0.5, 0.6) is 11.5 Å². The minimum absolute atomic E-state index is 0.0150. The van der Waals surface area contributed by atoms with Crippen molar-refractivity contribution in [3.63, 3.8) is 0 Å². The topological polar surface area (TPSA) is 109 Å². The van der Waals surface area contributed by atoms with Gasteiger partial charge in [-0.2, -0.15) is 9.82 Å². The van der Waals surface area contributed by atoms with Gasteiger partial charge in [-0.05, 0) is 35.9 Å². The van der Waals surface area contributed by atoms with E-state index in [1.165, 1.54) is 12.1 Å². The first-order valence-electron chi connectivity index (χ1n) is 9.65. The van der Waals surface area contributed by atoms with Gasteiger partial charge in [0.25, 0.3) is 0 Å². The molecule has 1 aromatic heterocycles. The number of nitrogens with zero attached hydrogens (tertiary/aromatic N) is 2. The van der Waals surface area contributed by atoms with Crippen LogP contribution < -0.4 is 14.2 Å². The van der Waals surface area contributed by atoms with E-state index in [1.54, 1.807) is 16.9 Å². The molecule has 9 nitrogen and oxygen atoms in total. The molecule has 2 heterocycles. The van der Waals surface area contributed by atoms with Gasteiger partial charge in [0.15, 0.2) is 11.5 Å². The molecule has 0 aliphatic carbocycles. The van der Waals surface area contributed by atoms with E-state index in [2.05, 4.69) is 9.82 Å². The van der Waals surface area contributed by atoms with Crippen molar-refractivity contribution in [2.45, 2.75) is 17.9 Å². The van der Waals surface area contributed by atoms with Gasteiger partial charge in [0.05, 0.1) is 23.8 Å². The zero-order valence-electron chi connectivity index (χ0n) is 16.6. The highest BCUT2D eigenvalue weighted by Gasteiger charge is 2.20. The number of fused-ring (bicyclic) bond motifs is 1. The predicted molar refractivity (Wildman–Crippen MR) is 111 cm³/mol. The van der Waals surface area contributed by atoms with E-state index < -0.39 is 22.5 Å². The lowest BCUT2D eigenvalue weighted by Crippen LogP contribution is -2.30. The van der Waals surface area contributed by atoms with Crippen LogP contribution in [0.4, 0.5) is 0 Å². The zero-order valence-corrected chi connectivity index (χ0v) is 17.4. The van der Waals surface area contributed by atoms with Crippen molar-refractivity contribution in [1.82, 2.24) is 14.5 Å². The van der Waals surface area contributed by atoms with Gasteiger partial charge in [0.1, 0.15) is 13.2 Å². The summed E-state index contributed by atoms with van der Waals surface area (Å²) in [6.45, 7) is 0.500. The van der Waals surface area contributed by atoms with E-state index in [-0.39, 0.29) is 11.5 Å². The van der Waals surface area contributed by atoms with Crippen LogP contribution in [0.2, 0.25) is 0 Å². The second kappa shape index (κ2) is 9.19. The fourth-order valence-electron chi connectivity index (χ4n) is 2.93. The standard InChI is InChI=1S/C21H21N3O6S/c25-21(30-15-16-3-5-17(6-4-16)24-10-1-9-22-24)14-23-31(26,27)18-7-8-19-20(13-18)29-12-2-11-28-19/h1,3-10,13,23H,2,11-12,14-15H2. The molecule has 0 saturated heterocycles. The molecule has 0 bridgehead atoms. The van der Waals surface area contributed by atoms with Crippen LogP contribution in [-0.2, 0) is 26.2 Å². The first kappa shape index (κ1) is 20.9. The monoisotopic (exact) mass is 443 g/mol. The second-order valence-corrected chi connectivity index (χ2v) is 8.53. The van der Waals surface area contributed by atoms with Gasteiger partial charge in [-0.15, -0.1) is 0 Å². The lowest BCUT2D eigenvalue weighted by atomic mass is 10.2. The molecular formula is C21H21N3O6S. The van der Waals surface area contributed by atoms with Crippen molar-refractivity contribution in [3.05, 3.63) is 66.5 Å². The summed E-state index contributed by atoms with van der Waals surface area (Å²) in [5, 5.41) is 4.14. The molecule has 162 valence electrons. The smallest absolute Gasteiger partial charge is 0.321 e. The Morgan fingerprint density at radius 2 is 1.87 bits per heavy atom. The number of aromatic nitrogens is 2. The van der Waals surface area contributed by atoms with E-state index >= 15 is 0 Å². The van der Waals surface area contributed by atoms with Crippen LogP contribution in [-0.4, -0.2) is 43.9 Å². The Hall–Kier alpha value is -3.37. The number of hydrogen-bond donors (Lipinski definition) is 1. The summed E-state index contributed by atoms with van der Waals surface area (Å²) in [4.78, 5) is 12.0. The number of sulfonamides is 1. The fraction of sp³-hybridized carbons (Fsp3) is 0.238. The first-order valence-corrected chi connectivity index (χ1v) is 11.1. The molecule has 0 fully saturated rings. The summed E-state index contributed by atoms with van der Waals surface area (Å²) < 4.78 is 45.2. The van der Waals surface area contributed by atoms with Crippen molar-refractivity contribution in [1.29, 1.82) is 0 Å². The highest BCUT2D eigenvalue weighted by molar-refractivity contribution is 7.89. The molecule has 0 unspecified atom stereocenters. The molecule has 0 amide bonds. The molecule has 2 aromatic carbocycles. The Bertz CT molecular complexity index is 1140. The molecule has 0 saturated carbocycles. The number of nitrogens with one attached hydrogen (secondary N) is 1. The largest absolute Gasteiger partial charge is 0.490 e. The molecule has 10 heteroatoms. The van der Waals surface area contributed by atoms with Crippen molar-refractivity contribution >= 4 is 16.0 Å². The molecule has 31 heavy (non-hydrogen) atoms. The molecular weight excluding hydrogens is 422 g/mol. The molecule has 1 aliphatic rings. The number of hydrogen-bond acceptors (Lipinski definition) is 7. The number of benzene rings is 2. The Labute approximate surface area is 179 Å². The molecule has 0 spiro atoms. The Morgan fingerprint density at radius 3 is 2.61 bits per heavy atom. The van der Waals surface area contributed by atoms with E-state index in [0.29, 0.717) is 31.1 Å². The number of esters is 1. The molecule has 1 N–H and O–H groups in total. The van der Waals surface area contributed by atoms with Gasteiger partial charge >= 0.3 is 5.97 Å². The summed E-state index contributed by atoms with van der Waals surface area (Å²) in [6.07, 6.45) is 4.22. The summed E-state index contributed by atoms with van der Waals surface area (Å²) >= 11 is 0. The lowest BCUT2D eigenvalue weighted by molar-refractivity contribution is -0.143. The molecule has 4 rings (SSSR count). The highest BCUT2D eigenvalue weighted by Crippen LogP contribution is 2.31. The lowest BCUT2D eigenvalue weighted by Gasteiger charge is -2.11. The summed E-state index contributed by atoms with van der Waals surface area (Å²) in [5.74, 6) is 0.171. The predicted octanol–water partition coefficient (Wildman–Crippen LogP) is 2.06. The maximum absolute atomic E-state index is 12.5. The zero-order chi connectivity index (χ0) is 21.7. The third-order valence-electron chi connectivity index (χ3n) is 4.54. The van der Waals surface area contributed by atoms with Crippen molar-refractivity contribution in [2.24, 2.45) is 0 Å². The maximum Gasteiger partial charge on any atom is 0.321 e. The van der Waals surface area contributed by atoms with Gasteiger partial charge < -0.3 is 14.2 Å². The molecule has 0 radical (unpaired) electrons. The quantitative estimate of drug-likeness (QED) is 0.557. The second-order valence-electron chi connectivity index (χ2n) is 6.76. The van der Waals surface area contributed by atoms with Gasteiger partial charge in [0, 0.05) is 24.9 Å². The van der Waals surface area contributed by atoms with E-state index in [0.717, 1.165) is 11.3 Å². The van der Waals surface area contributed by atoms with Crippen LogP contribution in [0.15, 0.2) is 65.8 Å². The van der Waals surface area contributed by atoms with E-state index in [1.807, 2.05) is 36.5 Å². The average Bonchev–Trinajstić information content (AvgIpc) is 3.22. The van der Waals surface area contributed by atoms with Gasteiger partial charge in [-0.3, -0.25) is 4.79 Å². The van der Waals surface area contributed by atoms with Crippen molar-refractivity contribution in [3.8, 4) is 17.2 Å². The first-order chi connectivity index (χ1) is 15.0. The van der Waals surface area contributed by atoms with Gasteiger partial charge in [-0.25, -0.2) is 13.1 Å². The van der Waals surface area contributed by atoms with Gasteiger partial charge in [-0.1, -0.05) is 12.1 Å². The van der Waals surface area contributed by atoms with Gasteiger partial charge in [0.2, 0.25) is 10.0 Å². The Kier molecular flexibility index (Phi) is 6.19. The molecule has 3 aromatic rings. The maximum atomic E-state index is 12.5. The average molecular weight is 443 g/mol. The van der Waals surface area contributed by atoms with Crippen molar-refractivity contribution in [2.75, 3.05) is 19.8 Å². The number of carbonyl (C=O) groups is 1. The SMILES string of the molecule is O=C(CNS(=O)(=O)c1ccc2c(c1)OCCCO2)OCc1ccc(-n2cccn2)cc1. The van der Waals surface area contributed by atoms with Crippen LogP contribution in [0.3, 0.4) is 0 Å². The third-order valence-corrected chi connectivity index (χ3v) is 5.94. The van der Waals surface area contributed by atoms with E-state index in [9.17, 15) is 13.2 Å². The summed E-state index contributed by atoms with van der Waals surface area (Å²) in [5.41, 5.74) is 1.65. The van der Waals surface area contributed by atoms with Crippen LogP contribution >= 0.6 is 0 Å². The number of rotatable bonds is 7. The third kappa shape index (κ3) is 5.22.